The molecule has 1 heterocycles. The second-order valence-corrected chi connectivity index (χ2v) is 2.42. The Balaban J connectivity index is 2.32. The molecule has 0 bridgehead atoms. The van der Waals surface area contributed by atoms with E-state index in [0.29, 0.717) is 12.5 Å². The highest BCUT2D eigenvalue weighted by atomic mass is 16.5. The van der Waals surface area contributed by atoms with Crippen LogP contribution in [0.2, 0.25) is 0 Å². The molecule has 0 aromatic rings. The van der Waals surface area contributed by atoms with Crippen LogP contribution >= 0.6 is 0 Å². The molecule has 1 unspecified atom stereocenters. The Labute approximate surface area is 55.7 Å². The lowest BCUT2D eigenvalue weighted by Crippen LogP contribution is -2.11. The summed E-state index contributed by atoms with van der Waals surface area (Å²) in [6, 6.07) is 0. The van der Waals surface area contributed by atoms with Gasteiger partial charge in [-0.2, -0.15) is 0 Å². The van der Waals surface area contributed by atoms with Gasteiger partial charge in [-0.05, 0) is 6.42 Å². The van der Waals surface area contributed by atoms with Gasteiger partial charge in [0.15, 0.2) is 0 Å². The largest absolute Gasteiger partial charge is 0.381 e. The lowest BCUT2D eigenvalue weighted by Gasteiger charge is -2.07. The van der Waals surface area contributed by atoms with Crippen molar-refractivity contribution in [3.63, 3.8) is 0 Å². The van der Waals surface area contributed by atoms with Gasteiger partial charge in [-0.3, -0.25) is 0 Å². The predicted molar refractivity (Wildman–Crippen MR) is 37.1 cm³/mol. The molecule has 0 amide bonds. The van der Waals surface area contributed by atoms with Crippen LogP contribution in [-0.2, 0) is 4.74 Å². The summed E-state index contributed by atoms with van der Waals surface area (Å²) in [5.74, 6) is 0.537. The minimum Gasteiger partial charge on any atom is -0.381 e. The van der Waals surface area contributed by atoms with E-state index in [9.17, 15) is 0 Å². The Morgan fingerprint density at radius 2 is 2.56 bits per heavy atom. The zero-order chi connectivity index (χ0) is 6.69. The summed E-state index contributed by atoms with van der Waals surface area (Å²) in [7, 11) is 0. The van der Waals surface area contributed by atoms with Crippen molar-refractivity contribution in [1.29, 1.82) is 0 Å². The Bertz CT molecular complexity index is 105. The molecular weight excluding hydrogens is 114 g/mol. The molecule has 1 aliphatic heterocycles. The second kappa shape index (κ2) is 2.99. The fourth-order valence-corrected chi connectivity index (χ4v) is 1.02. The van der Waals surface area contributed by atoms with Gasteiger partial charge in [0, 0.05) is 19.1 Å². The van der Waals surface area contributed by atoms with Crippen LogP contribution in [0, 0.1) is 5.92 Å². The monoisotopic (exact) mass is 127 g/mol. The van der Waals surface area contributed by atoms with Crippen LogP contribution in [0.25, 0.3) is 0 Å². The van der Waals surface area contributed by atoms with Crippen LogP contribution in [0.4, 0.5) is 0 Å². The predicted octanol–water partition coefficient (Wildman–Crippen LogP) is 0.538. The van der Waals surface area contributed by atoms with Gasteiger partial charge in [-0.25, -0.2) is 0 Å². The Kier molecular flexibility index (Phi) is 2.25. The molecule has 0 saturated carbocycles. The summed E-state index contributed by atoms with van der Waals surface area (Å²) in [5, 5.41) is 0. The van der Waals surface area contributed by atoms with Gasteiger partial charge >= 0.3 is 0 Å². The van der Waals surface area contributed by atoms with Crippen LogP contribution in [-0.4, -0.2) is 19.8 Å². The van der Waals surface area contributed by atoms with Gasteiger partial charge in [-0.1, -0.05) is 12.2 Å². The molecule has 1 rings (SSSR count). The molecule has 0 spiro atoms. The van der Waals surface area contributed by atoms with Crippen molar-refractivity contribution in [1.82, 2.24) is 0 Å². The third kappa shape index (κ3) is 1.53. The highest BCUT2D eigenvalue weighted by molar-refractivity contribution is 5.03. The molecule has 0 radical (unpaired) electrons. The van der Waals surface area contributed by atoms with E-state index in [1.165, 1.54) is 0 Å². The highest BCUT2D eigenvalue weighted by Gasteiger charge is 2.16. The summed E-state index contributed by atoms with van der Waals surface area (Å²) in [6.45, 7) is 6.16. The summed E-state index contributed by atoms with van der Waals surface area (Å²) >= 11 is 0. The standard InChI is InChI=1S/C7H13NO/c1-6(4-8)7-2-3-9-5-7/h7H,1-5,8H2. The van der Waals surface area contributed by atoms with Crippen molar-refractivity contribution in [3.05, 3.63) is 12.2 Å². The highest BCUT2D eigenvalue weighted by Crippen LogP contribution is 2.18. The van der Waals surface area contributed by atoms with Crippen LogP contribution in [0.15, 0.2) is 12.2 Å². The average Bonchev–Trinajstić information content (AvgIpc) is 2.37. The maximum absolute atomic E-state index is 5.40. The number of nitrogens with two attached hydrogens (primary N) is 1. The van der Waals surface area contributed by atoms with Gasteiger partial charge in [0.25, 0.3) is 0 Å². The van der Waals surface area contributed by atoms with Gasteiger partial charge in [0.1, 0.15) is 0 Å². The van der Waals surface area contributed by atoms with E-state index in [1.807, 2.05) is 0 Å². The van der Waals surface area contributed by atoms with E-state index >= 15 is 0 Å². The van der Waals surface area contributed by atoms with Crippen LogP contribution in [0.1, 0.15) is 6.42 Å². The van der Waals surface area contributed by atoms with E-state index in [4.69, 9.17) is 10.5 Å². The fourth-order valence-electron chi connectivity index (χ4n) is 1.02. The van der Waals surface area contributed by atoms with Gasteiger partial charge < -0.3 is 10.5 Å². The Morgan fingerprint density at radius 1 is 1.78 bits per heavy atom. The van der Waals surface area contributed by atoms with E-state index in [2.05, 4.69) is 6.58 Å². The normalized spacial score (nSPS) is 26.6. The lowest BCUT2D eigenvalue weighted by molar-refractivity contribution is 0.190. The Morgan fingerprint density at radius 3 is 3.00 bits per heavy atom. The van der Waals surface area contributed by atoms with Gasteiger partial charge in [-0.15, -0.1) is 0 Å². The van der Waals surface area contributed by atoms with Gasteiger partial charge in [0.05, 0.1) is 6.61 Å². The van der Waals surface area contributed by atoms with Crippen molar-refractivity contribution in [2.75, 3.05) is 19.8 Å². The zero-order valence-corrected chi connectivity index (χ0v) is 5.60. The first kappa shape index (κ1) is 6.78. The molecule has 1 aliphatic rings. The molecule has 2 N–H and O–H groups in total. The van der Waals surface area contributed by atoms with E-state index in [1.54, 1.807) is 0 Å². The van der Waals surface area contributed by atoms with E-state index in [-0.39, 0.29) is 0 Å². The smallest absolute Gasteiger partial charge is 0.0532 e. The van der Waals surface area contributed by atoms with Crippen molar-refractivity contribution in [2.24, 2.45) is 11.7 Å². The quantitative estimate of drug-likeness (QED) is 0.549. The summed E-state index contributed by atoms with van der Waals surface area (Å²) in [5.41, 5.74) is 6.53. The number of rotatable bonds is 2. The molecule has 0 aromatic heterocycles. The summed E-state index contributed by atoms with van der Waals surface area (Å²) < 4.78 is 5.16. The molecular formula is C7H13NO. The summed E-state index contributed by atoms with van der Waals surface area (Å²) in [4.78, 5) is 0. The van der Waals surface area contributed by atoms with Crippen LogP contribution in [0.3, 0.4) is 0 Å². The summed E-state index contributed by atoms with van der Waals surface area (Å²) in [6.07, 6.45) is 1.11. The van der Waals surface area contributed by atoms with Crippen molar-refractivity contribution in [2.45, 2.75) is 6.42 Å². The molecule has 9 heavy (non-hydrogen) atoms. The number of ether oxygens (including phenoxy) is 1. The third-order valence-corrected chi connectivity index (χ3v) is 1.77. The SMILES string of the molecule is C=C(CN)C1CCOC1. The average molecular weight is 127 g/mol. The van der Waals surface area contributed by atoms with Crippen molar-refractivity contribution in [3.8, 4) is 0 Å². The number of hydrogen-bond donors (Lipinski definition) is 1. The number of hydrogen-bond acceptors (Lipinski definition) is 2. The van der Waals surface area contributed by atoms with Crippen LogP contribution in [0.5, 0.6) is 0 Å². The Hall–Kier alpha value is -0.340. The second-order valence-electron chi connectivity index (χ2n) is 2.42. The van der Waals surface area contributed by atoms with Gasteiger partial charge in [0.2, 0.25) is 0 Å². The third-order valence-electron chi connectivity index (χ3n) is 1.77. The topological polar surface area (TPSA) is 35.2 Å². The van der Waals surface area contributed by atoms with E-state index < -0.39 is 0 Å². The zero-order valence-electron chi connectivity index (χ0n) is 5.60. The minimum atomic E-state index is 0.537. The molecule has 52 valence electrons. The molecule has 1 fully saturated rings. The molecule has 1 saturated heterocycles. The van der Waals surface area contributed by atoms with Crippen LogP contribution < -0.4 is 5.73 Å². The van der Waals surface area contributed by atoms with E-state index in [0.717, 1.165) is 25.2 Å². The maximum Gasteiger partial charge on any atom is 0.0532 e. The first-order valence-electron chi connectivity index (χ1n) is 3.30. The molecule has 2 nitrogen and oxygen atoms in total. The molecule has 0 aliphatic carbocycles. The molecule has 0 aromatic carbocycles. The first-order chi connectivity index (χ1) is 4.34. The molecule has 2 heteroatoms. The van der Waals surface area contributed by atoms with Crippen molar-refractivity contribution >= 4 is 0 Å². The lowest BCUT2D eigenvalue weighted by atomic mass is 10.0. The maximum atomic E-state index is 5.40. The first-order valence-corrected chi connectivity index (χ1v) is 3.30. The minimum absolute atomic E-state index is 0.537. The fraction of sp³-hybridized carbons (Fsp3) is 0.714. The molecule has 1 atom stereocenters. The van der Waals surface area contributed by atoms with Crippen molar-refractivity contribution < 1.29 is 4.74 Å².